The third-order valence-electron chi connectivity index (χ3n) is 4.00. The molecule has 0 heterocycles. The SMILES string of the molecule is CC(F)C(F)(F)[Si](C(F)(F)C(C)F)(C(F)(F)C(C)F)C(F)(F)C(C)F. The van der Waals surface area contributed by atoms with Gasteiger partial charge in [0.25, 0.3) is 22.2 Å². The molecule has 0 aromatic rings. The Labute approximate surface area is 136 Å². The lowest BCUT2D eigenvalue weighted by atomic mass is 10.4. The Morgan fingerprint density at radius 1 is 0.440 bits per heavy atom. The molecule has 0 spiro atoms. The van der Waals surface area contributed by atoms with Crippen LogP contribution in [0.4, 0.5) is 52.7 Å². The first-order valence-corrected chi connectivity index (χ1v) is 8.85. The number of hydrogen-bond donors (Lipinski definition) is 0. The van der Waals surface area contributed by atoms with Gasteiger partial charge < -0.3 is 0 Å². The van der Waals surface area contributed by atoms with Gasteiger partial charge in [-0.2, -0.15) is 0 Å². The van der Waals surface area contributed by atoms with Gasteiger partial charge in [-0.05, 0) is 27.7 Å². The largest absolute Gasteiger partial charge is 0.390 e. The molecule has 0 bridgehead atoms. The van der Waals surface area contributed by atoms with E-state index in [1.165, 1.54) is 0 Å². The van der Waals surface area contributed by atoms with Crippen LogP contribution in [0.1, 0.15) is 27.7 Å². The van der Waals surface area contributed by atoms with E-state index in [-0.39, 0.29) is 27.7 Å². The maximum Gasteiger partial charge on any atom is 0.390 e. The third kappa shape index (κ3) is 3.03. The van der Waals surface area contributed by atoms with E-state index in [9.17, 15) is 52.7 Å². The van der Waals surface area contributed by atoms with Gasteiger partial charge in [0.05, 0.1) is 0 Å². The van der Waals surface area contributed by atoms with Crippen LogP contribution in [0.2, 0.25) is 0 Å². The molecule has 0 nitrogen and oxygen atoms in total. The Morgan fingerprint density at radius 2 is 0.560 bits per heavy atom. The van der Waals surface area contributed by atoms with Gasteiger partial charge in [0, 0.05) is 0 Å². The molecule has 0 aliphatic heterocycles. The van der Waals surface area contributed by atoms with Gasteiger partial charge in [0.2, 0.25) is 0 Å². The highest BCUT2D eigenvalue weighted by Gasteiger charge is 2.96. The summed E-state index contributed by atoms with van der Waals surface area (Å²) >= 11 is 0. The smallest absolute Gasteiger partial charge is 0.242 e. The summed E-state index contributed by atoms with van der Waals surface area (Å²) in [6.07, 6.45) is -16.3. The predicted octanol–water partition coefficient (Wildman–Crippen LogP) is 5.57. The van der Waals surface area contributed by atoms with Crippen LogP contribution < -0.4 is 0 Å². The van der Waals surface area contributed by atoms with Crippen molar-refractivity contribution < 1.29 is 52.7 Å². The predicted molar refractivity (Wildman–Crippen MR) is 67.8 cm³/mol. The molecule has 4 atom stereocenters. The molecule has 0 N–H and O–H groups in total. The first-order valence-electron chi connectivity index (χ1n) is 6.85. The highest BCUT2D eigenvalue weighted by atomic mass is 28.3. The average molecular weight is 416 g/mol. The monoisotopic (exact) mass is 416 g/mol. The molecule has 4 unspecified atom stereocenters. The van der Waals surface area contributed by atoms with E-state index in [4.69, 9.17) is 0 Å². The molecule has 0 aliphatic rings. The van der Waals surface area contributed by atoms with Crippen molar-refractivity contribution in [1.82, 2.24) is 0 Å². The Balaban J connectivity index is 7.51. The molecular weight excluding hydrogens is 400 g/mol. The topological polar surface area (TPSA) is 0 Å². The van der Waals surface area contributed by atoms with Gasteiger partial charge in [-0.15, -0.1) is 0 Å². The quantitative estimate of drug-likeness (QED) is 0.359. The van der Waals surface area contributed by atoms with Crippen molar-refractivity contribution >= 4 is 8.07 Å². The Morgan fingerprint density at radius 3 is 0.640 bits per heavy atom. The molecule has 0 aromatic carbocycles. The fraction of sp³-hybridized carbons (Fsp3) is 1.00. The van der Waals surface area contributed by atoms with Crippen LogP contribution in [0, 0.1) is 0 Å². The van der Waals surface area contributed by atoms with E-state index < -0.39 is 54.9 Å². The molecule has 0 saturated heterocycles. The van der Waals surface area contributed by atoms with E-state index in [1.54, 1.807) is 0 Å². The maximum absolute atomic E-state index is 14.2. The van der Waals surface area contributed by atoms with Gasteiger partial charge >= 0.3 is 8.07 Å². The summed E-state index contributed by atoms with van der Waals surface area (Å²) in [4.78, 5) is 0. The minimum atomic E-state index is -8.79. The van der Waals surface area contributed by atoms with Crippen LogP contribution in [0.15, 0.2) is 0 Å². The summed E-state index contributed by atoms with van der Waals surface area (Å²) in [5.41, 5.74) is -25.1. The highest BCUT2D eigenvalue weighted by Crippen LogP contribution is 2.60. The zero-order valence-corrected chi connectivity index (χ0v) is 14.3. The molecule has 152 valence electrons. The second-order valence-electron chi connectivity index (χ2n) is 5.71. The lowest BCUT2D eigenvalue weighted by Gasteiger charge is -2.51. The average Bonchev–Trinajstić information content (AvgIpc) is 2.36. The van der Waals surface area contributed by atoms with Gasteiger partial charge in [0.1, 0.15) is 0 Å². The zero-order valence-electron chi connectivity index (χ0n) is 13.3. The molecule has 0 radical (unpaired) electrons. The van der Waals surface area contributed by atoms with Crippen molar-refractivity contribution in [3.05, 3.63) is 0 Å². The second kappa shape index (κ2) is 6.84. The Bertz CT molecular complexity index is 372. The molecule has 0 rings (SSSR count). The number of hydrogen-bond acceptors (Lipinski definition) is 0. The van der Waals surface area contributed by atoms with E-state index in [2.05, 4.69) is 0 Å². The summed E-state index contributed by atoms with van der Waals surface area (Å²) < 4.78 is 167. The van der Waals surface area contributed by atoms with Crippen molar-refractivity contribution in [2.75, 3.05) is 0 Å². The van der Waals surface area contributed by atoms with Crippen molar-refractivity contribution in [2.45, 2.75) is 74.6 Å². The van der Waals surface area contributed by atoms with Gasteiger partial charge in [-0.3, -0.25) is 0 Å². The summed E-state index contributed by atoms with van der Waals surface area (Å²) in [6.45, 7) is -1.23. The van der Waals surface area contributed by atoms with Crippen LogP contribution in [0.3, 0.4) is 0 Å². The summed E-state index contributed by atoms with van der Waals surface area (Å²) in [5, 5.41) is 0. The minimum absolute atomic E-state index is 0.307. The zero-order chi connectivity index (χ0) is 20.8. The molecule has 0 aromatic heterocycles. The molecule has 25 heavy (non-hydrogen) atoms. The van der Waals surface area contributed by atoms with Crippen LogP contribution in [-0.4, -0.2) is 54.9 Å². The van der Waals surface area contributed by atoms with Crippen LogP contribution in [-0.2, 0) is 0 Å². The first kappa shape index (κ1) is 24.4. The van der Waals surface area contributed by atoms with Crippen LogP contribution in [0.5, 0.6) is 0 Å². The fourth-order valence-electron chi connectivity index (χ4n) is 2.53. The molecule has 0 amide bonds. The summed E-state index contributed by atoms with van der Waals surface area (Å²) in [6, 6.07) is 0. The van der Waals surface area contributed by atoms with Gasteiger partial charge in [0.15, 0.2) is 24.7 Å². The molecule has 0 aliphatic carbocycles. The van der Waals surface area contributed by atoms with E-state index in [0.29, 0.717) is 0 Å². The Hall–Kier alpha value is -0.623. The summed E-state index contributed by atoms with van der Waals surface area (Å²) in [5.74, 6) is 0. The molecule has 0 saturated carbocycles. The van der Waals surface area contributed by atoms with Crippen LogP contribution in [0.25, 0.3) is 0 Å². The molecular formula is C12H16F12Si. The van der Waals surface area contributed by atoms with Crippen molar-refractivity contribution in [2.24, 2.45) is 0 Å². The number of halogens is 12. The maximum atomic E-state index is 14.2. The Kier molecular flexibility index (Phi) is 6.67. The highest BCUT2D eigenvalue weighted by molar-refractivity contribution is 6.89. The minimum Gasteiger partial charge on any atom is -0.242 e. The van der Waals surface area contributed by atoms with Crippen molar-refractivity contribution in [3.63, 3.8) is 0 Å². The van der Waals surface area contributed by atoms with E-state index in [1.807, 2.05) is 0 Å². The fourth-order valence-corrected chi connectivity index (χ4v) is 7.58. The normalized spacial score (nSPS) is 22.1. The lowest BCUT2D eigenvalue weighted by Crippen LogP contribution is -2.89. The van der Waals surface area contributed by atoms with Gasteiger partial charge in [-0.25, -0.2) is 52.7 Å². The van der Waals surface area contributed by atoms with E-state index >= 15 is 0 Å². The van der Waals surface area contributed by atoms with Gasteiger partial charge in [-0.1, -0.05) is 0 Å². The van der Waals surface area contributed by atoms with Crippen LogP contribution >= 0.6 is 0 Å². The third-order valence-corrected chi connectivity index (χ3v) is 9.59. The molecule has 13 heteroatoms. The summed E-state index contributed by atoms with van der Waals surface area (Å²) in [7, 11) is -8.79. The number of rotatable bonds is 8. The first-order chi connectivity index (χ1) is 10.8. The second-order valence-corrected chi connectivity index (χ2v) is 9.87. The number of alkyl halides is 12. The lowest BCUT2D eigenvalue weighted by molar-refractivity contribution is -0.139. The van der Waals surface area contributed by atoms with Crippen molar-refractivity contribution in [1.29, 1.82) is 0 Å². The van der Waals surface area contributed by atoms with E-state index in [0.717, 1.165) is 0 Å². The molecule has 0 fully saturated rings. The van der Waals surface area contributed by atoms with Crippen molar-refractivity contribution in [3.8, 4) is 0 Å². The standard InChI is InChI=1S/C12H16F12Si/c1-5(13)9(17,18)25(10(19,20)6(2)14,11(21,22)7(3)15)12(23,24)8(4)16/h5-8H,1-4H3.